The number of benzene rings is 1. The number of likely N-dealkylation sites (tertiary alicyclic amines) is 1. The van der Waals surface area contributed by atoms with Crippen molar-refractivity contribution in [3.63, 3.8) is 0 Å². The average molecular weight is 549 g/mol. The van der Waals surface area contributed by atoms with Gasteiger partial charge in [-0.25, -0.2) is 9.97 Å². The molecule has 32 heavy (non-hydrogen) atoms. The first-order valence-corrected chi connectivity index (χ1v) is 11.0. The summed E-state index contributed by atoms with van der Waals surface area (Å²) in [6.07, 6.45) is 5.09. The van der Waals surface area contributed by atoms with E-state index in [0.717, 1.165) is 44.5 Å². The zero-order valence-electron chi connectivity index (χ0n) is 18.6. The second kappa shape index (κ2) is 12.0. The van der Waals surface area contributed by atoms with E-state index in [1.54, 1.807) is 12.4 Å². The van der Waals surface area contributed by atoms with E-state index in [1.807, 2.05) is 18.0 Å². The Morgan fingerprint density at radius 3 is 2.44 bits per heavy atom. The summed E-state index contributed by atoms with van der Waals surface area (Å²) in [6.45, 7) is 5.48. The van der Waals surface area contributed by atoms with Crippen LogP contribution in [0.5, 0.6) is 0 Å². The molecule has 4 rings (SSSR count). The molecule has 0 saturated carbocycles. The van der Waals surface area contributed by atoms with Crippen LogP contribution >= 0.6 is 24.0 Å². The minimum absolute atomic E-state index is 0. The third-order valence-corrected chi connectivity index (χ3v) is 6.06. The molecule has 2 saturated heterocycles. The molecule has 0 radical (unpaired) electrons. The van der Waals surface area contributed by atoms with Crippen molar-refractivity contribution >= 4 is 41.8 Å². The molecule has 172 valence electrons. The smallest absolute Gasteiger partial charge is 0.225 e. The first-order valence-electron chi connectivity index (χ1n) is 11.0. The molecule has 1 N–H and O–H groups in total. The zero-order chi connectivity index (χ0) is 21.5. The highest BCUT2D eigenvalue weighted by molar-refractivity contribution is 14.0. The van der Waals surface area contributed by atoms with Gasteiger partial charge in [-0.15, -0.1) is 24.0 Å². The minimum atomic E-state index is 0. The number of hydrogen-bond donors (Lipinski definition) is 1. The van der Waals surface area contributed by atoms with Gasteiger partial charge in [0.1, 0.15) is 0 Å². The lowest BCUT2D eigenvalue weighted by Crippen LogP contribution is -2.50. The van der Waals surface area contributed by atoms with Crippen molar-refractivity contribution in [2.24, 2.45) is 4.99 Å². The van der Waals surface area contributed by atoms with Gasteiger partial charge in [0.15, 0.2) is 5.96 Å². The van der Waals surface area contributed by atoms with E-state index in [-0.39, 0.29) is 29.9 Å². The fraction of sp³-hybridized carbons (Fsp3) is 0.478. The number of piperazine rings is 1. The number of nitrogens with one attached hydrogen (secondary N) is 1. The van der Waals surface area contributed by atoms with Crippen molar-refractivity contribution in [1.82, 2.24) is 25.1 Å². The second-order valence-corrected chi connectivity index (χ2v) is 7.98. The van der Waals surface area contributed by atoms with Gasteiger partial charge in [-0.2, -0.15) is 0 Å². The largest absolute Gasteiger partial charge is 0.356 e. The first kappa shape index (κ1) is 24.2. The third kappa shape index (κ3) is 6.08. The van der Waals surface area contributed by atoms with Gasteiger partial charge in [0.25, 0.3) is 0 Å². The molecule has 1 atom stereocenters. The van der Waals surface area contributed by atoms with Crippen LogP contribution in [0.3, 0.4) is 0 Å². The van der Waals surface area contributed by atoms with Crippen molar-refractivity contribution in [2.75, 3.05) is 57.8 Å². The topological polar surface area (TPSA) is 77.0 Å². The van der Waals surface area contributed by atoms with Crippen LogP contribution in [0.1, 0.15) is 24.3 Å². The Morgan fingerprint density at radius 1 is 1.03 bits per heavy atom. The number of carbonyl (C=O) groups excluding carboxylic acids is 1. The number of anilines is 1. The van der Waals surface area contributed by atoms with Crippen molar-refractivity contribution in [1.29, 1.82) is 0 Å². The molecule has 3 heterocycles. The summed E-state index contributed by atoms with van der Waals surface area (Å²) < 4.78 is 0. The molecule has 1 aromatic heterocycles. The van der Waals surface area contributed by atoms with E-state index in [4.69, 9.17) is 0 Å². The second-order valence-electron chi connectivity index (χ2n) is 7.98. The maximum atomic E-state index is 12.7. The number of aliphatic imine (C=N–C) groups is 1. The van der Waals surface area contributed by atoms with Gasteiger partial charge in [-0.3, -0.25) is 9.79 Å². The molecule has 0 spiro atoms. The number of amides is 1. The Balaban J connectivity index is 0.00000289. The number of halogens is 1. The standard InChI is InChI=1S/C23H31N7O.HI/c1-24-22(30-13-9-20(18-30)19-6-3-2-4-7-19)27-12-8-21(31)28-14-16-29(17-15-28)23-25-10-5-11-26-23;/h2-7,10-11,20H,8-9,12-18H2,1H3,(H,24,27);1H. The quantitative estimate of drug-likeness (QED) is 0.350. The van der Waals surface area contributed by atoms with Crippen molar-refractivity contribution in [2.45, 2.75) is 18.8 Å². The lowest BCUT2D eigenvalue weighted by Gasteiger charge is -2.34. The molecule has 1 unspecified atom stereocenters. The Morgan fingerprint density at radius 2 is 1.75 bits per heavy atom. The van der Waals surface area contributed by atoms with E-state index in [2.05, 4.69) is 60.4 Å². The maximum Gasteiger partial charge on any atom is 0.225 e. The van der Waals surface area contributed by atoms with E-state index in [0.29, 0.717) is 32.0 Å². The van der Waals surface area contributed by atoms with Crippen molar-refractivity contribution < 1.29 is 4.79 Å². The molecule has 0 bridgehead atoms. The number of carbonyl (C=O) groups is 1. The predicted molar refractivity (Wildman–Crippen MR) is 138 cm³/mol. The number of rotatable bonds is 5. The first-order chi connectivity index (χ1) is 15.2. The predicted octanol–water partition coefficient (Wildman–Crippen LogP) is 2.20. The summed E-state index contributed by atoms with van der Waals surface area (Å²) in [6, 6.07) is 12.5. The summed E-state index contributed by atoms with van der Waals surface area (Å²) in [5.74, 6) is 2.34. The van der Waals surface area contributed by atoms with Crippen LogP contribution in [0.25, 0.3) is 0 Å². The SMILES string of the molecule is CN=C(NCCC(=O)N1CCN(c2ncccn2)CC1)N1CCC(c2ccccc2)C1.I. The monoisotopic (exact) mass is 549 g/mol. The molecule has 2 aromatic rings. The van der Waals surface area contributed by atoms with Crippen LogP contribution in [0, 0.1) is 0 Å². The lowest BCUT2D eigenvalue weighted by molar-refractivity contribution is -0.131. The summed E-state index contributed by atoms with van der Waals surface area (Å²) >= 11 is 0. The number of hydrogen-bond acceptors (Lipinski definition) is 5. The molecule has 1 amide bonds. The molecular weight excluding hydrogens is 517 g/mol. The fourth-order valence-corrected chi connectivity index (χ4v) is 4.33. The number of guanidine groups is 1. The molecule has 2 aliphatic heterocycles. The Bertz CT molecular complexity index is 872. The number of aromatic nitrogens is 2. The van der Waals surface area contributed by atoms with E-state index in [1.165, 1.54) is 5.56 Å². The third-order valence-electron chi connectivity index (χ3n) is 6.06. The van der Waals surface area contributed by atoms with Crippen LogP contribution in [0.15, 0.2) is 53.8 Å². The molecule has 0 aliphatic carbocycles. The molecule has 9 heteroatoms. The van der Waals surface area contributed by atoms with Crippen LogP contribution < -0.4 is 10.2 Å². The Kier molecular flexibility index (Phi) is 9.07. The van der Waals surface area contributed by atoms with E-state index >= 15 is 0 Å². The zero-order valence-corrected chi connectivity index (χ0v) is 20.9. The highest BCUT2D eigenvalue weighted by atomic mass is 127. The van der Waals surface area contributed by atoms with Crippen LogP contribution in [-0.2, 0) is 4.79 Å². The molecular formula is C23H32IN7O. The van der Waals surface area contributed by atoms with Crippen LogP contribution in [0.2, 0.25) is 0 Å². The van der Waals surface area contributed by atoms with Gasteiger partial charge < -0.3 is 20.0 Å². The normalized spacial score (nSPS) is 19.0. The maximum absolute atomic E-state index is 12.7. The minimum Gasteiger partial charge on any atom is -0.356 e. The highest BCUT2D eigenvalue weighted by Gasteiger charge is 2.26. The van der Waals surface area contributed by atoms with Crippen molar-refractivity contribution in [3.05, 3.63) is 54.4 Å². The molecule has 2 fully saturated rings. The van der Waals surface area contributed by atoms with Gasteiger partial charge in [0, 0.05) is 77.6 Å². The Hall–Kier alpha value is -2.43. The summed E-state index contributed by atoms with van der Waals surface area (Å²) in [5.41, 5.74) is 1.38. The summed E-state index contributed by atoms with van der Waals surface area (Å²) in [5, 5.41) is 3.39. The molecule has 1 aromatic carbocycles. The van der Waals surface area contributed by atoms with Crippen molar-refractivity contribution in [3.8, 4) is 0 Å². The van der Waals surface area contributed by atoms with E-state index < -0.39 is 0 Å². The summed E-state index contributed by atoms with van der Waals surface area (Å²) in [7, 11) is 1.81. The van der Waals surface area contributed by atoms with Gasteiger partial charge in [0.2, 0.25) is 11.9 Å². The molecule has 8 nitrogen and oxygen atoms in total. The number of nitrogens with zero attached hydrogens (tertiary/aromatic N) is 6. The Labute approximate surface area is 207 Å². The van der Waals surface area contributed by atoms with Gasteiger partial charge >= 0.3 is 0 Å². The lowest BCUT2D eigenvalue weighted by atomic mass is 9.99. The van der Waals surface area contributed by atoms with Gasteiger partial charge in [-0.05, 0) is 18.1 Å². The summed E-state index contributed by atoms with van der Waals surface area (Å²) in [4.78, 5) is 32.0. The van der Waals surface area contributed by atoms with Crippen LogP contribution in [0.4, 0.5) is 5.95 Å². The fourth-order valence-electron chi connectivity index (χ4n) is 4.33. The highest BCUT2D eigenvalue weighted by Crippen LogP contribution is 2.26. The van der Waals surface area contributed by atoms with E-state index in [9.17, 15) is 4.79 Å². The molecule has 2 aliphatic rings. The van der Waals surface area contributed by atoms with Crippen LogP contribution in [-0.4, -0.2) is 84.5 Å². The van der Waals surface area contributed by atoms with Gasteiger partial charge in [0.05, 0.1) is 0 Å². The average Bonchev–Trinajstić information content (AvgIpc) is 3.33. The van der Waals surface area contributed by atoms with Gasteiger partial charge in [-0.1, -0.05) is 30.3 Å².